The highest BCUT2D eigenvalue weighted by atomic mass is 16.5. The van der Waals surface area contributed by atoms with Crippen molar-refractivity contribution in [1.29, 1.82) is 0 Å². The Labute approximate surface area is 73.5 Å². The molecule has 1 unspecified atom stereocenters. The summed E-state index contributed by atoms with van der Waals surface area (Å²) in [6, 6.07) is -0.0194. The lowest BCUT2D eigenvalue weighted by Gasteiger charge is -2.09. The molecule has 0 amide bonds. The molecule has 0 fully saturated rings. The molecule has 0 saturated carbocycles. The maximum atomic E-state index is 10.7. The van der Waals surface area contributed by atoms with E-state index in [2.05, 4.69) is 16.0 Å². The number of ether oxygens (including phenoxy) is 1. The molecule has 0 aromatic heterocycles. The van der Waals surface area contributed by atoms with Gasteiger partial charge in [-0.2, -0.15) is 0 Å². The fourth-order valence-corrected chi connectivity index (χ4v) is 0.812. The lowest BCUT2D eigenvalue weighted by Crippen LogP contribution is -2.32. The Kier molecular flexibility index (Phi) is 6.12. The number of carbonyl (C=O) groups is 1. The molecule has 3 nitrogen and oxygen atoms in total. The summed E-state index contributed by atoms with van der Waals surface area (Å²) in [6.07, 6.45) is 7.11. The van der Waals surface area contributed by atoms with Gasteiger partial charge in [0.1, 0.15) is 0 Å². The summed E-state index contributed by atoms with van der Waals surface area (Å²) in [7, 11) is 1.36. The third kappa shape index (κ3) is 4.75. The van der Waals surface area contributed by atoms with E-state index in [1.165, 1.54) is 7.11 Å². The Morgan fingerprint density at radius 1 is 1.75 bits per heavy atom. The molecule has 1 N–H and O–H groups in total. The molecule has 3 heteroatoms. The minimum atomic E-state index is -0.286. The van der Waals surface area contributed by atoms with Gasteiger partial charge in [0.2, 0.25) is 0 Å². The van der Waals surface area contributed by atoms with Crippen molar-refractivity contribution in [3.05, 3.63) is 0 Å². The molecular weight excluding hydrogens is 154 g/mol. The van der Waals surface area contributed by atoms with E-state index in [4.69, 9.17) is 6.42 Å². The maximum absolute atomic E-state index is 10.7. The Balaban J connectivity index is 3.59. The topological polar surface area (TPSA) is 38.3 Å². The summed E-state index contributed by atoms with van der Waals surface area (Å²) >= 11 is 0. The van der Waals surface area contributed by atoms with Gasteiger partial charge >= 0.3 is 5.97 Å². The van der Waals surface area contributed by atoms with Crippen molar-refractivity contribution in [2.75, 3.05) is 13.7 Å². The van der Waals surface area contributed by atoms with E-state index < -0.39 is 0 Å². The van der Waals surface area contributed by atoms with Crippen molar-refractivity contribution in [2.45, 2.75) is 25.8 Å². The van der Waals surface area contributed by atoms with E-state index in [0.29, 0.717) is 0 Å². The minimum absolute atomic E-state index is 0.0194. The quantitative estimate of drug-likeness (QED) is 0.482. The van der Waals surface area contributed by atoms with Gasteiger partial charge in [-0.05, 0) is 6.42 Å². The standard InChI is InChI=1S/C9H15NO2/c1-4-6-8(5-2)10-7-9(11)12-3/h2,8,10H,4,6-7H2,1,3H3. The van der Waals surface area contributed by atoms with Gasteiger partial charge < -0.3 is 4.74 Å². The molecule has 0 aliphatic heterocycles. The normalized spacial score (nSPS) is 11.8. The second kappa shape index (κ2) is 6.68. The Hall–Kier alpha value is -1.01. The number of hydrogen-bond acceptors (Lipinski definition) is 3. The van der Waals surface area contributed by atoms with E-state index in [0.717, 1.165) is 12.8 Å². The van der Waals surface area contributed by atoms with Gasteiger partial charge in [-0.1, -0.05) is 19.3 Å². The second-order valence-electron chi connectivity index (χ2n) is 2.46. The number of nitrogens with one attached hydrogen (secondary N) is 1. The number of esters is 1. The fourth-order valence-electron chi connectivity index (χ4n) is 0.812. The zero-order chi connectivity index (χ0) is 9.40. The monoisotopic (exact) mass is 169 g/mol. The van der Waals surface area contributed by atoms with Gasteiger partial charge in [0, 0.05) is 0 Å². The first kappa shape index (κ1) is 11.0. The van der Waals surface area contributed by atoms with Crippen LogP contribution in [0, 0.1) is 12.3 Å². The molecule has 0 spiro atoms. The first-order valence-corrected chi connectivity index (χ1v) is 4.00. The highest BCUT2D eigenvalue weighted by Crippen LogP contribution is 1.93. The average Bonchev–Trinajstić information content (AvgIpc) is 2.11. The van der Waals surface area contributed by atoms with Crippen molar-refractivity contribution in [2.24, 2.45) is 0 Å². The minimum Gasteiger partial charge on any atom is -0.468 e. The molecule has 0 rings (SSSR count). The zero-order valence-electron chi connectivity index (χ0n) is 7.59. The van der Waals surface area contributed by atoms with Gasteiger partial charge in [-0.3, -0.25) is 10.1 Å². The third-order valence-corrected chi connectivity index (χ3v) is 1.50. The largest absolute Gasteiger partial charge is 0.468 e. The summed E-state index contributed by atoms with van der Waals surface area (Å²) in [4.78, 5) is 10.7. The Morgan fingerprint density at radius 2 is 2.42 bits per heavy atom. The second-order valence-corrected chi connectivity index (χ2v) is 2.46. The van der Waals surface area contributed by atoms with Crippen molar-refractivity contribution >= 4 is 5.97 Å². The van der Waals surface area contributed by atoms with Crippen LogP contribution in [0.1, 0.15) is 19.8 Å². The average molecular weight is 169 g/mol. The summed E-state index contributed by atoms with van der Waals surface area (Å²) in [6.45, 7) is 2.23. The molecule has 0 aromatic carbocycles. The van der Waals surface area contributed by atoms with Gasteiger partial charge in [-0.15, -0.1) is 6.42 Å². The highest BCUT2D eigenvalue weighted by molar-refractivity contribution is 5.71. The number of terminal acetylenes is 1. The van der Waals surface area contributed by atoms with Crippen molar-refractivity contribution in [1.82, 2.24) is 5.32 Å². The van der Waals surface area contributed by atoms with Crippen LogP contribution in [0.3, 0.4) is 0 Å². The van der Waals surface area contributed by atoms with Crippen molar-refractivity contribution in [3.63, 3.8) is 0 Å². The first-order valence-electron chi connectivity index (χ1n) is 4.00. The summed E-state index contributed by atoms with van der Waals surface area (Å²) < 4.78 is 4.45. The van der Waals surface area contributed by atoms with Crippen molar-refractivity contribution in [3.8, 4) is 12.3 Å². The van der Waals surface area contributed by atoms with E-state index in [9.17, 15) is 4.79 Å². The van der Waals surface area contributed by atoms with Gasteiger partial charge in [0.25, 0.3) is 0 Å². The molecule has 0 bridgehead atoms. The van der Waals surface area contributed by atoms with Crippen LogP contribution in [-0.2, 0) is 9.53 Å². The van der Waals surface area contributed by atoms with Crippen LogP contribution in [0.5, 0.6) is 0 Å². The zero-order valence-corrected chi connectivity index (χ0v) is 7.59. The predicted molar refractivity (Wildman–Crippen MR) is 47.5 cm³/mol. The van der Waals surface area contributed by atoms with Crippen LogP contribution in [0.15, 0.2) is 0 Å². The molecule has 0 radical (unpaired) electrons. The van der Waals surface area contributed by atoms with E-state index >= 15 is 0 Å². The predicted octanol–water partition coefficient (Wildman–Crippen LogP) is 0.551. The molecule has 12 heavy (non-hydrogen) atoms. The maximum Gasteiger partial charge on any atom is 0.319 e. The summed E-state index contributed by atoms with van der Waals surface area (Å²) in [5, 5.41) is 2.91. The Morgan fingerprint density at radius 3 is 2.83 bits per heavy atom. The van der Waals surface area contributed by atoms with E-state index in [1.807, 2.05) is 6.92 Å². The molecular formula is C9H15NO2. The molecule has 0 saturated heterocycles. The van der Waals surface area contributed by atoms with Crippen LogP contribution in [-0.4, -0.2) is 25.7 Å². The lowest BCUT2D eigenvalue weighted by molar-refractivity contribution is -0.139. The number of methoxy groups -OCH3 is 1. The molecule has 0 heterocycles. The van der Waals surface area contributed by atoms with Crippen molar-refractivity contribution < 1.29 is 9.53 Å². The van der Waals surface area contributed by atoms with Crippen LogP contribution >= 0.6 is 0 Å². The highest BCUT2D eigenvalue weighted by Gasteiger charge is 2.05. The lowest BCUT2D eigenvalue weighted by atomic mass is 10.2. The third-order valence-electron chi connectivity index (χ3n) is 1.50. The fraction of sp³-hybridized carbons (Fsp3) is 0.667. The number of hydrogen-bond donors (Lipinski definition) is 1. The van der Waals surface area contributed by atoms with Gasteiger partial charge in [0.05, 0.1) is 19.7 Å². The van der Waals surface area contributed by atoms with E-state index in [1.54, 1.807) is 0 Å². The van der Waals surface area contributed by atoms with Gasteiger partial charge in [0.15, 0.2) is 0 Å². The van der Waals surface area contributed by atoms with Crippen LogP contribution in [0.4, 0.5) is 0 Å². The number of rotatable bonds is 5. The molecule has 0 aromatic rings. The molecule has 1 atom stereocenters. The summed E-state index contributed by atoms with van der Waals surface area (Å²) in [5.74, 6) is 2.28. The summed E-state index contributed by atoms with van der Waals surface area (Å²) in [5.41, 5.74) is 0. The van der Waals surface area contributed by atoms with E-state index in [-0.39, 0.29) is 18.6 Å². The smallest absolute Gasteiger partial charge is 0.319 e. The Bertz CT molecular complexity index is 172. The number of carbonyl (C=O) groups excluding carboxylic acids is 1. The van der Waals surface area contributed by atoms with Crippen LogP contribution < -0.4 is 5.32 Å². The SMILES string of the molecule is C#CC(CCC)NCC(=O)OC. The van der Waals surface area contributed by atoms with Gasteiger partial charge in [-0.25, -0.2) is 0 Å². The van der Waals surface area contributed by atoms with Crippen LogP contribution in [0.25, 0.3) is 0 Å². The first-order chi connectivity index (χ1) is 5.74. The van der Waals surface area contributed by atoms with Crippen LogP contribution in [0.2, 0.25) is 0 Å². The molecule has 0 aliphatic rings. The molecule has 0 aliphatic carbocycles. The molecule has 68 valence electrons.